The lowest BCUT2D eigenvalue weighted by Gasteiger charge is -2.28. The van der Waals surface area contributed by atoms with Gasteiger partial charge in [0, 0.05) is 34.3 Å². The fraction of sp³-hybridized carbons (Fsp3) is 0.650. The van der Waals surface area contributed by atoms with Crippen LogP contribution in [-0.2, 0) is 24.2 Å². The summed E-state index contributed by atoms with van der Waals surface area (Å²) >= 11 is 1.54. The maximum atomic E-state index is 12.5. The van der Waals surface area contributed by atoms with Crippen LogP contribution in [0, 0.1) is 13.8 Å². The van der Waals surface area contributed by atoms with Gasteiger partial charge in [-0.05, 0) is 32.8 Å². The first-order valence-corrected chi connectivity index (χ1v) is 12.5. The van der Waals surface area contributed by atoms with E-state index in [0.717, 1.165) is 22.6 Å². The molecule has 0 spiro atoms. The zero-order valence-corrected chi connectivity index (χ0v) is 18.9. The Labute approximate surface area is 176 Å². The molecular weight excluding hydrogens is 414 g/mol. The summed E-state index contributed by atoms with van der Waals surface area (Å²) in [7, 11) is -3.11. The molecule has 0 aliphatic carbocycles. The van der Waals surface area contributed by atoms with Crippen molar-refractivity contribution in [3.63, 3.8) is 0 Å². The van der Waals surface area contributed by atoms with Gasteiger partial charge in [-0.1, -0.05) is 13.3 Å². The molecule has 9 heteroatoms. The predicted molar refractivity (Wildman–Crippen MR) is 112 cm³/mol. The maximum Gasteiger partial charge on any atom is 0.306 e. The van der Waals surface area contributed by atoms with Crippen molar-refractivity contribution < 1.29 is 27.5 Å². The predicted octanol–water partition coefficient (Wildman–Crippen LogP) is 2.69. The third-order valence-electron chi connectivity index (χ3n) is 4.98. The van der Waals surface area contributed by atoms with Gasteiger partial charge in [-0.2, -0.15) is 0 Å². The lowest BCUT2D eigenvalue weighted by Crippen LogP contribution is -2.43. The molecule has 1 aromatic rings. The number of sulfone groups is 1. The van der Waals surface area contributed by atoms with Crippen molar-refractivity contribution >= 4 is 38.8 Å². The smallest absolute Gasteiger partial charge is 0.306 e. The summed E-state index contributed by atoms with van der Waals surface area (Å²) in [6.45, 7) is 5.80. The number of Topliss-reactive ketones (excluding diaryl/α,β-unsaturated/α-hetero) is 1. The number of unbranched alkanes of at least 4 members (excludes halogenated alkanes) is 1. The first-order valence-electron chi connectivity index (χ1n) is 9.88. The molecule has 7 nitrogen and oxygen atoms in total. The molecule has 2 heterocycles. The Hall–Kier alpha value is -1.74. The topological polar surface area (TPSA) is 97.8 Å². The fourth-order valence-corrected chi connectivity index (χ4v) is 6.09. The molecule has 0 bridgehead atoms. The van der Waals surface area contributed by atoms with Gasteiger partial charge < -0.3 is 9.64 Å². The molecule has 1 saturated heterocycles. The highest BCUT2D eigenvalue weighted by atomic mass is 32.2. The van der Waals surface area contributed by atoms with Crippen molar-refractivity contribution in [2.24, 2.45) is 0 Å². The van der Waals surface area contributed by atoms with Crippen molar-refractivity contribution in [3.05, 3.63) is 21.4 Å². The number of carbonyl (C=O) groups is 3. The van der Waals surface area contributed by atoms with Crippen molar-refractivity contribution in [2.75, 3.05) is 24.7 Å². The highest BCUT2D eigenvalue weighted by Gasteiger charge is 2.34. The van der Waals surface area contributed by atoms with Gasteiger partial charge in [0.1, 0.15) is 0 Å². The van der Waals surface area contributed by atoms with E-state index in [9.17, 15) is 22.8 Å². The number of esters is 1. The monoisotopic (exact) mass is 443 g/mol. The Morgan fingerprint density at radius 2 is 1.97 bits per heavy atom. The number of ether oxygens (including phenoxy) is 1. The van der Waals surface area contributed by atoms with Crippen LogP contribution in [0.2, 0.25) is 0 Å². The summed E-state index contributed by atoms with van der Waals surface area (Å²) < 4.78 is 28.6. The molecule has 0 saturated carbocycles. The number of amides is 1. The standard InChI is InChI=1S/C20H29NO6S2/c1-4-5-9-21(16-8-10-29(25,26)13-16)19(23)12-27-20(24)7-6-18(22)17-11-14(2)28-15(17)3/h11,16H,4-10,12-13H2,1-3H3. The van der Waals surface area contributed by atoms with Crippen LogP contribution in [0.1, 0.15) is 59.1 Å². The minimum Gasteiger partial charge on any atom is -0.456 e. The molecule has 29 heavy (non-hydrogen) atoms. The van der Waals surface area contributed by atoms with Crippen LogP contribution >= 0.6 is 11.3 Å². The van der Waals surface area contributed by atoms with Gasteiger partial charge in [0.05, 0.1) is 17.9 Å². The molecule has 0 N–H and O–H groups in total. The van der Waals surface area contributed by atoms with E-state index in [1.165, 1.54) is 16.2 Å². The average molecular weight is 444 g/mol. The number of hydrogen-bond donors (Lipinski definition) is 0. The summed E-state index contributed by atoms with van der Waals surface area (Å²) in [5, 5.41) is 0. The Bertz CT molecular complexity index is 858. The van der Waals surface area contributed by atoms with E-state index in [-0.39, 0.29) is 42.1 Å². The number of hydrogen-bond acceptors (Lipinski definition) is 7. The minimum absolute atomic E-state index is 0.0322. The van der Waals surface area contributed by atoms with E-state index in [4.69, 9.17) is 4.74 Å². The number of rotatable bonds is 10. The van der Waals surface area contributed by atoms with Crippen LogP contribution in [0.5, 0.6) is 0 Å². The second-order valence-electron chi connectivity index (χ2n) is 7.41. The number of aryl methyl sites for hydroxylation is 2. The second kappa shape index (κ2) is 10.3. The van der Waals surface area contributed by atoms with Gasteiger partial charge in [0.25, 0.3) is 5.91 Å². The Morgan fingerprint density at radius 3 is 2.52 bits per heavy atom. The first-order chi connectivity index (χ1) is 13.6. The summed E-state index contributed by atoms with van der Waals surface area (Å²) in [5.74, 6) is -1.06. The molecule has 1 aliphatic heterocycles. The number of ketones is 1. The van der Waals surface area contributed by atoms with Crippen LogP contribution < -0.4 is 0 Å². The van der Waals surface area contributed by atoms with Crippen LogP contribution in [0.3, 0.4) is 0 Å². The Kier molecular flexibility index (Phi) is 8.39. The molecule has 1 atom stereocenters. The van der Waals surface area contributed by atoms with Gasteiger partial charge in [-0.3, -0.25) is 14.4 Å². The zero-order valence-electron chi connectivity index (χ0n) is 17.2. The van der Waals surface area contributed by atoms with E-state index in [0.29, 0.717) is 18.5 Å². The van der Waals surface area contributed by atoms with Crippen LogP contribution in [-0.4, -0.2) is 61.7 Å². The molecule has 1 unspecified atom stereocenters. The largest absolute Gasteiger partial charge is 0.456 e. The summed E-state index contributed by atoms with van der Waals surface area (Å²) in [6, 6.07) is 1.46. The van der Waals surface area contributed by atoms with E-state index < -0.39 is 22.4 Å². The SMILES string of the molecule is CCCCN(C(=O)COC(=O)CCC(=O)c1cc(C)sc1C)C1CCS(=O)(=O)C1. The highest BCUT2D eigenvalue weighted by molar-refractivity contribution is 7.91. The van der Waals surface area contributed by atoms with Crippen LogP contribution in [0.4, 0.5) is 0 Å². The molecule has 2 rings (SSSR count). The molecule has 1 aromatic heterocycles. The number of nitrogens with zero attached hydrogens (tertiary/aromatic N) is 1. The van der Waals surface area contributed by atoms with Gasteiger partial charge in [0.2, 0.25) is 0 Å². The van der Waals surface area contributed by atoms with Gasteiger partial charge >= 0.3 is 5.97 Å². The summed E-state index contributed by atoms with van der Waals surface area (Å²) in [5.41, 5.74) is 0.629. The molecule has 0 aromatic carbocycles. The Balaban J connectivity index is 1.84. The molecule has 162 valence electrons. The molecule has 0 radical (unpaired) electrons. The Morgan fingerprint density at radius 1 is 1.24 bits per heavy atom. The molecule has 1 amide bonds. The van der Waals surface area contributed by atoms with Crippen molar-refractivity contribution in [3.8, 4) is 0 Å². The van der Waals surface area contributed by atoms with Gasteiger partial charge in [-0.15, -0.1) is 11.3 Å². The van der Waals surface area contributed by atoms with E-state index in [1.54, 1.807) is 0 Å². The van der Waals surface area contributed by atoms with Crippen LogP contribution in [0.15, 0.2) is 6.07 Å². The summed E-state index contributed by atoms with van der Waals surface area (Å²) in [6.07, 6.45) is 1.98. The van der Waals surface area contributed by atoms with E-state index >= 15 is 0 Å². The van der Waals surface area contributed by atoms with Crippen molar-refractivity contribution in [1.29, 1.82) is 0 Å². The quantitative estimate of drug-likeness (QED) is 0.407. The normalized spacial score (nSPS) is 17.8. The van der Waals surface area contributed by atoms with E-state index in [1.807, 2.05) is 26.8 Å². The van der Waals surface area contributed by atoms with Crippen molar-refractivity contribution in [2.45, 2.75) is 58.9 Å². The average Bonchev–Trinajstić information content (AvgIpc) is 3.18. The third kappa shape index (κ3) is 6.92. The lowest BCUT2D eigenvalue weighted by atomic mass is 10.1. The maximum absolute atomic E-state index is 12.5. The van der Waals surface area contributed by atoms with Gasteiger partial charge in [0.15, 0.2) is 22.2 Å². The van der Waals surface area contributed by atoms with Gasteiger partial charge in [-0.25, -0.2) is 8.42 Å². The minimum atomic E-state index is -3.11. The van der Waals surface area contributed by atoms with E-state index in [2.05, 4.69) is 0 Å². The number of thiophene rings is 1. The lowest BCUT2D eigenvalue weighted by molar-refractivity contribution is -0.152. The second-order valence-corrected chi connectivity index (χ2v) is 11.1. The molecular formula is C20H29NO6S2. The zero-order chi connectivity index (χ0) is 21.6. The summed E-state index contributed by atoms with van der Waals surface area (Å²) in [4.78, 5) is 40.3. The highest BCUT2D eigenvalue weighted by Crippen LogP contribution is 2.22. The molecule has 1 fully saturated rings. The number of carbonyl (C=O) groups excluding carboxylic acids is 3. The molecule has 1 aliphatic rings. The van der Waals surface area contributed by atoms with Crippen molar-refractivity contribution in [1.82, 2.24) is 4.90 Å². The fourth-order valence-electron chi connectivity index (χ4n) is 3.42. The van der Waals surface area contributed by atoms with Crippen LogP contribution in [0.25, 0.3) is 0 Å². The third-order valence-corrected chi connectivity index (χ3v) is 7.69. The first kappa shape index (κ1) is 23.5.